The molecule has 0 radical (unpaired) electrons. The van der Waals surface area contributed by atoms with Crippen LogP contribution in [0.4, 0.5) is 0 Å². The Morgan fingerprint density at radius 2 is 2.09 bits per heavy atom. The van der Waals surface area contributed by atoms with Gasteiger partial charge in [-0.2, -0.15) is 9.78 Å². The van der Waals surface area contributed by atoms with Gasteiger partial charge in [0.05, 0.1) is 24.2 Å². The van der Waals surface area contributed by atoms with Crippen LogP contribution in [-0.2, 0) is 0 Å². The van der Waals surface area contributed by atoms with Gasteiger partial charge in [-0.15, -0.1) is 0 Å². The normalized spacial score (nSPS) is 11.2. The SMILES string of the molecule is COc1ccc(Br)cc1/C=N\n1c(=S)[nH]c2ccccc2c1=O. The van der Waals surface area contributed by atoms with Gasteiger partial charge in [0.1, 0.15) is 5.75 Å². The van der Waals surface area contributed by atoms with Crippen molar-refractivity contribution in [1.82, 2.24) is 9.66 Å². The van der Waals surface area contributed by atoms with Crippen LogP contribution in [0.5, 0.6) is 5.75 Å². The number of rotatable bonds is 3. The van der Waals surface area contributed by atoms with Crippen molar-refractivity contribution in [2.24, 2.45) is 5.10 Å². The van der Waals surface area contributed by atoms with E-state index < -0.39 is 0 Å². The first-order valence-electron chi connectivity index (χ1n) is 6.72. The molecule has 1 aromatic heterocycles. The highest BCUT2D eigenvalue weighted by atomic mass is 79.9. The van der Waals surface area contributed by atoms with E-state index in [-0.39, 0.29) is 10.3 Å². The van der Waals surface area contributed by atoms with Gasteiger partial charge in [-0.05, 0) is 42.5 Å². The van der Waals surface area contributed by atoms with Crippen LogP contribution >= 0.6 is 28.1 Å². The molecule has 0 amide bonds. The molecule has 5 nitrogen and oxygen atoms in total. The van der Waals surface area contributed by atoms with E-state index in [1.54, 1.807) is 31.5 Å². The monoisotopic (exact) mass is 389 g/mol. The number of halogens is 1. The molecule has 0 saturated carbocycles. The van der Waals surface area contributed by atoms with Gasteiger partial charge < -0.3 is 9.72 Å². The number of hydrogen-bond donors (Lipinski definition) is 1. The van der Waals surface area contributed by atoms with Gasteiger partial charge in [0.25, 0.3) is 5.56 Å². The maximum Gasteiger partial charge on any atom is 0.282 e. The van der Waals surface area contributed by atoms with Crippen molar-refractivity contribution in [3.63, 3.8) is 0 Å². The number of hydrogen-bond acceptors (Lipinski definition) is 4. The van der Waals surface area contributed by atoms with Gasteiger partial charge in [-0.3, -0.25) is 4.79 Å². The quantitative estimate of drug-likeness (QED) is 0.548. The molecule has 0 unspecified atom stereocenters. The highest BCUT2D eigenvalue weighted by molar-refractivity contribution is 9.10. The van der Waals surface area contributed by atoms with E-state index >= 15 is 0 Å². The van der Waals surface area contributed by atoms with Crippen LogP contribution in [0.3, 0.4) is 0 Å². The summed E-state index contributed by atoms with van der Waals surface area (Å²) in [6, 6.07) is 12.7. The van der Waals surface area contributed by atoms with Gasteiger partial charge >= 0.3 is 0 Å². The van der Waals surface area contributed by atoms with Crippen molar-refractivity contribution < 1.29 is 4.74 Å². The van der Waals surface area contributed by atoms with Gasteiger partial charge in [0.15, 0.2) is 0 Å². The highest BCUT2D eigenvalue weighted by Crippen LogP contribution is 2.21. The molecule has 1 N–H and O–H groups in total. The van der Waals surface area contributed by atoms with E-state index in [1.807, 2.05) is 24.3 Å². The second-order valence-electron chi connectivity index (χ2n) is 4.72. The molecule has 0 saturated heterocycles. The molecule has 0 aliphatic carbocycles. The topological polar surface area (TPSA) is 59.4 Å². The summed E-state index contributed by atoms with van der Waals surface area (Å²) in [5.74, 6) is 0.653. The Bertz CT molecular complexity index is 1020. The summed E-state index contributed by atoms with van der Waals surface area (Å²) >= 11 is 8.62. The molecule has 3 rings (SSSR count). The molecular formula is C16H12BrN3O2S. The minimum Gasteiger partial charge on any atom is -0.496 e. The minimum absolute atomic E-state index is 0.235. The van der Waals surface area contributed by atoms with Crippen LogP contribution in [0.2, 0.25) is 0 Å². The van der Waals surface area contributed by atoms with Crippen molar-refractivity contribution in [2.75, 3.05) is 7.11 Å². The van der Waals surface area contributed by atoms with E-state index in [4.69, 9.17) is 17.0 Å². The van der Waals surface area contributed by atoms with Crippen LogP contribution in [-0.4, -0.2) is 23.0 Å². The van der Waals surface area contributed by atoms with Crippen molar-refractivity contribution in [1.29, 1.82) is 0 Å². The summed E-state index contributed by atoms with van der Waals surface area (Å²) in [7, 11) is 1.58. The molecule has 0 atom stereocenters. The molecule has 3 aromatic rings. The largest absolute Gasteiger partial charge is 0.496 e. The number of ether oxygens (including phenoxy) is 1. The van der Waals surface area contributed by atoms with E-state index in [0.29, 0.717) is 16.7 Å². The molecular weight excluding hydrogens is 378 g/mol. The Labute approximate surface area is 145 Å². The number of methoxy groups -OCH3 is 1. The minimum atomic E-state index is -0.269. The van der Waals surface area contributed by atoms with E-state index in [2.05, 4.69) is 26.0 Å². The number of benzene rings is 2. The van der Waals surface area contributed by atoms with Gasteiger partial charge in [0, 0.05) is 10.0 Å². The maximum absolute atomic E-state index is 12.5. The van der Waals surface area contributed by atoms with Crippen molar-refractivity contribution in [3.8, 4) is 5.75 Å². The maximum atomic E-state index is 12.5. The van der Waals surface area contributed by atoms with Crippen LogP contribution < -0.4 is 10.3 Å². The second kappa shape index (κ2) is 6.47. The third kappa shape index (κ3) is 3.11. The van der Waals surface area contributed by atoms with Crippen LogP contribution in [0.1, 0.15) is 5.56 Å². The van der Waals surface area contributed by atoms with Gasteiger partial charge in [-0.25, -0.2) is 0 Å². The van der Waals surface area contributed by atoms with Gasteiger partial charge in [-0.1, -0.05) is 28.1 Å². The van der Waals surface area contributed by atoms with Crippen LogP contribution in [0.25, 0.3) is 10.9 Å². The van der Waals surface area contributed by atoms with E-state index in [0.717, 1.165) is 14.7 Å². The summed E-state index contributed by atoms with van der Waals surface area (Å²) in [6.07, 6.45) is 1.55. The summed E-state index contributed by atoms with van der Waals surface area (Å²) in [6.45, 7) is 0. The summed E-state index contributed by atoms with van der Waals surface area (Å²) in [5, 5.41) is 4.75. The molecule has 2 aromatic carbocycles. The van der Waals surface area contributed by atoms with Crippen LogP contribution in [0.15, 0.2) is 56.8 Å². The lowest BCUT2D eigenvalue weighted by Crippen LogP contribution is -2.18. The summed E-state index contributed by atoms with van der Waals surface area (Å²) in [5.41, 5.74) is 1.15. The lowest BCUT2D eigenvalue weighted by Gasteiger charge is -2.05. The predicted molar refractivity (Wildman–Crippen MR) is 97.1 cm³/mol. The molecule has 116 valence electrons. The zero-order valence-electron chi connectivity index (χ0n) is 12.1. The Kier molecular flexibility index (Phi) is 4.40. The number of H-pyrrole nitrogens is 1. The fraction of sp³-hybridized carbons (Fsp3) is 0.0625. The molecule has 1 heterocycles. The molecule has 0 fully saturated rings. The first kappa shape index (κ1) is 15.6. The van der Waals surface area contributed by atoms with E-state index in [1.165, 1.54) is 0 Å². The Hall–Kier alpha value is -2.25. The van der Waals surface area contributed by atoms with Crippen molar-refractivity contribution in [3.05, 3.63) is 67.6 Å². The second-order valence-corrected chi connectivity index (χ2v) is 6.03. The molecule has 0 aliphatic rings. The smallest absolute Gasteiger partial charge is 0.282 e. The number of para-hydroxylation sites is 1. The van der Waals surface area contributed by atoms with Crippen LogP contribution in [0, 0.1) is 4.77 Å². The standard InChI is InChI=1S/C16H12BrN3O2S/c1-22-14-7-6-11(17)8-10(14)9-18-20-15(21)12-4-2-3-5-13(12)19-16(20)23/h2-9H,1H3,(H,19,23)/b18-9-. The number of nitrogens with zero attached hydrogens (tertiary/aromatic N) is 2. The third-order valence-corrected chi connectivity index (χ3v) is 4.06. The third-order valence-electron chi connectivity index (χ3n) is 3.29. The Morgan fingerprint density at radius 1 is 1.30 bits per heavy atom. The average Bonchev–Trinajstić information content (AvgIpc) is 2.55. The number of aromatic amines is 1. The Balaban J connectivity index is 2.14. The summed E-state index contributed by atoms with van der Waals surface area (Å²) in [4.78, 5) is 15.5. The molecule has 7 heteroatoms. The fourth-order valence-corrected chi connectivity index (χ4v) is 2.80. The average molecular weight is 390 g/mol. The molecule has 0 spiro atoms. The number of aromatic nitrogens is 2. The highest BCUT2D eigenvalue weighted by Gasteiger charge is 2.05. The zero-order chi connectivity index (χ0) is 16.4. The van der Waals surface area contributed by atoms with Crippen molar-refractivity contribution in [2.45, 2.75) is 0 Å². The Morgan fingerprint density at radius 3 is 2.87 bits per heavy atom. The molecule has 0 bridgehead atoms. The zero-order valence-corrected chi connectivity index (χ0v) is 14.5. The lowest BCUT2D eigenvalue weighted by atomic mass is 10.2. The molecule has 23 heavy (non-hydrogen) atoms. The molecule has 0 aliphatic heterocycles. The van der Waals surface area contributed by atoms with Gasteiger partial charge in [0.2, 0.25) is 4.77 Å². The predicted octanol–water partition coefficient (Wildman–Crippen LogP) is 3.71. The summed E-state index contributed by atoms with van der Waals surface area (Å²) < 4.78 is 7.57. The van der Waals surface area contributed by atoms with Crippen molar-refractivity contribution >= 4 is 45.3 Å². The first-order chi connectivity index (χ1) is 11.1. The lowest BCUT2D eigenvalue weighted by molar-refractivity contribution is 0.414. The fourth-order valence-electron chi connectivity index (χ4n) is 2.18. The number of nitrogens with one attached hydrogen (secondary N) is 1. The number of fused-ring (bicyclic) bond motifs is 1. The first-order valence-corrected chi connectivity index (χ1v) is 7.92. The van der Waals surface area contributed by atoms with E-state index in [9.17, 15) is 4.79 Å².